The second-order valence-electron chi connectivity index (χ2n) is 7.31. The number of anilines is 1. The number of rotatable bonds is 6. The number of methoxy groups -OCH3 is 1. The minimum Gasteiger partial charge on any atom is -0.376 e. The number of ether oxygens (including phenoxy) is 1. The van der Waals surface area contributed by atoms with E-state index in [1.165, 1.54) is 20.5 Å². The third-order valence-corrected chi connectivity index (χ3v) is 6.89. The standard InChI is InChI=1S/C23H29N3OS/c1-4-20(27-3)22-11-10-21(28-22)19-16-17-8-6-7-9-18(17)23(24-19)26-14-12-25(5-2)13-15-26/h6-11,16,20H,4-5,12-15H2,1-3H3. The highest BCUT2D eigenvalue weighted by Crippen LogP contribution is 2.36. The van der Waals surface area contributed by atoms with Gasteiger partial charge in [-0.2, -0.15) is 0 Å². The van der Waals surface area contributed by atoms with Crippen molar-refractivity contribution in [2.45, 2.75) is 26.4 Å². The molecule has 1 fully saturated rings. The van der Waals surface area contributed by atoms with Gasteiger partial charge in [0.1, 0.15) is 5.82 Å². The first-order chi connectivity index (χ1) is 13.7. The van der Waals surface area contributed by atoms with Gasteiger partial charge < -0.3 is 14.5 Å². The number of fused-ring (bicyclic) bond motifs is 1. The van der Waals surface area contributed by atoms with Crippen LogP contribution in [0.1, 0.15) is 31.2 Å². The maximum Gasteiger partial charge on any atom is 0.137 e. The molecule has 1 unspecified atom stereocenters. The molecule has 1 saturated heterocycles. The van der Waals surface area contributed by atoms with E-state index in [1.807, 2.05) is 0 Å². The Hall–Kier alpha value is -1.95. The van der Waals surface area contributed by atoms with Crippen molar-refractivity contribution in [2.75, 3.05) is 44.7 Å². The Morgan fingerprint density at radius 2 is 1.86 bits per heavy atom. The van der Waals surface area contributed by atoms with E-state index < -0.39 is 0 Å². The number of piperazine rings is 1. The van der Waals surface area contributed by atoms with Gasteiger partial charge in [-0.05, 0) is 36.6 Å². The van der Waals surface area contributed by atoms with Crippen molar-refractivity contribution >= 4 is 27.9 Å². The summed E-state index contributed by atoms with van der Waals surface area (Å²) in [5.74, 6) is 1.12. The molecule has 0 radical (unpaired) electrons. The third kappa shape index (κ3) is 3.79. The molecule has 0 spiro atoms. The first-order valence-electron chi connectivity index (χ1n) is 10.2. The molecule has 0 bridgehead atoms. The quantitative estimate of drug-likeness (QED) is 0.573. The van der Waals surface area contributed by atoms with E-state index in [4.69, 9.17) is 9.72 Å². The molecule has 1 atom stereocenters. The van der Waals surface area contributed by atoms with Crippen LogP contribution in [0.25, 0.3) is 21.3 Å². The lowest BCUT2D eigenvalue weighted by molar-refractivity contribution is 0.103. The molecule has 2 aromatic heterocycles. The Bertz CT molecular complexity index is 926. The fourth-order valence-corrected chi connectivity index (χ4v) is 5.10. The van der Waals surface area contributed by atoms with Gasteiger partial charge in [0.05, 0.1) is 16.7 Å². The molecule has 1 aliphatic rings. The maximum atomic E-state index is 5.62. The summed E-state index contributed by atoms with van der Waals surface area (Å²) >= 11 is 1.80. The van der Waals surface area contributed by atoms with Crippen LogP contribution >= 0.6 is 11.3 Å². The molecule has 1 aromatic carbocycles. The molecule has 0 N–H and O–H groups in total. The van der Waals surface area contributed by atoms with Crippen molar-refractivity contribution in [3.63, 3.8) is 0 Å². The summed E-state index contributed by atoms with van der Waals surface area (Å²) in [6.07, 6.45) is 1.15. The van der Waals surface area contributed by atoms with Crippen LogP contribution in [0.2, 0.25) is 0 Å². The minimum atomic E-state index is 0.167. The lowest BCUT2D eigenvalue weighted by Gasteiger charge is -2.35. The van der Waals surface area contributed by atoms with Gasteiger partial charge >= 0.3 is 0 Å². The van der Waals surface area contributed by atoms with E-state index in [-0.39, 0.29) is 6.10 Å². The first kappa shape index (κ1) is 19.4. The summed E-state index contributed by atoms with van der Waals surface area (Å²) in [4.78, 5) is 12.6. The fraction of sp³-hybridized carbons (Fsp3) is 0.435. The largest absolute Gasteiger partial charge is 0.376 e. The zero-order valence-electron chi connectivity index (χ0n) is 17.0. The lowest BCUT2D eigenvalue weighted by atomic mass is 10.1. The summed E-state index contributed by atoms with van der Waals surface area (Å²) < 4.78 is 5.62. The number of hydrogen-bond acceptors (Lipinski definition) is 5. The van der Waals surface area contributed by atoms with Crippen LogP contribution in [0.3, 0.4) is 0 Å². The smallest absolute Gasteiger partial charge is 0.137 e. The predicted molar refractivity (Wildman–Crippen MR) is 119 cm³/mol. The molecule has 3 aromatic rings. The van der Waals surface area contributed by atoms with Crippen LogP contribution < -0.4 is 4.90 Å². The van der Waals surface area contributed by atoms with Crippen molar-refractivity contribution in [1.29, 1.82) is 0 Å². The molecule has 0 aliphatic carbocycles. The average molecular weight is 396 g/mol. The van der Waals surface area contributed by atoms with Gasteiger partial charge in [-0.1, -0.05) is 38.1 Å². The summed E-state index contributed by atoms with van der Waals surface area (Å²) in [6, 6.07) is 15.2. The van der Waals surface area contributed by atoms with E-state index in [0.717, 1.165) is 50.7 Å². The Morgan fingerprint density at radius 3 is 2.57 bits per heavy atom. The van der Waals surface area contributed by atoms with E-state index in [1.54, 1.807) is 18.4 Å². The van der Waals surface area contributed by atoms with Gasteiger partial charge in [-0.25, -0.2) is 4.98 Å². The number of hydrogen-bond donors (Lipinski definition) is 0. The molecule has 4 rings (SSSR count). The van der Waals surface area contributed by atoms with Gasteiger partial charge in [-0.15, -0.1) is 11.3 Å². The fourth-order valence-electron chi connectivity index (χ4n) is 3.97. The van der Waals surface area contributed by atoms with E-state index in [0.29, 0.717) is 0 Å². The van der Waals surface area contributed by atoms with Crippen molar-refractivity contribution in [2.24, 2.45) is 0 Å². The van der Waals surface area contributed by atoms with Crippen molar-refractivity contribution in [3.05, 3.63) is 47.3 Å². The highest BCUT2D eigenvalue weighted by atomic mass is 32.1. The van der Waals surface area contributed by atoms with E-state index in [2.05, 4.69) is 66.1 Å². The summed E-state index contributed by atoms with van der Waals surface area (Å²) in [7, 11) is 1.79. The van der Waals surface area contributed by atoms with Gasteiger partial charge in [0.25, 0.3) is 0 Å². The van der Waals surface area contributed by atoms with Crippen LogP contribution in [0.4, 0.5) is 5.82 Å². The lowest BCUT2D eigenvalue weighted by Crippen LogP contribution is -2.46. The van der Waals surface area contributed by atoms with Crippen molar-refractivity contribution < 1.29 is 4.74 Å². The van der Waals surface area contributed by atoms with Crippen LogP contribution in [-0.2, 0) is 4.74 Å². The van der Waals surface area contributed by atoms with Crippen LogP contribution in [0.15, 0.2) is 42.5 Å². The molecule has 148 valence electrons. The van der Waals surface area contributed by atoms with Crippen LogP contribution in [0.5, 0.6) is 0 Å². The molecule has 1 aliphatic heterocycles. The van der Waals surface area contributed by atoms with Crippen LogP contribution in [0, 0.1) is 0 Å². The number of pyridine rings is 1. The number of thiophene rings is 1. The highest BCUT2D eigenvalue weighted by molar-refractivity contribution is 7.15. The number of likely N-dealkylation sites (N-methyl/N-ethyl adjacent to an activating group) is 1. The van der Waals surface area contributed by atoms with Gasteiger partial charge in [0.15, 0.2) is 0 Å². The summed E-state index contributed by atoms with van der Waals surface area (Å²) in [5, 5.41) is 2.51. The molecular weight excluding hydrogens is 366 g/mol. The molecular formula is C23H29N3OS. The van der Waals surface area contributed by atoms with E-state index >= 15 is 0 Å². The van der Waals surface area contributed by atoms with Crippen LogP contribution in [-0.4, -0.2) is 49.7 Å². The number of benzene rings is 1. The van der Waals surface area contributed by atoms with E-state index in [9.17, 15) is 0 Å². The SMILES string of the molecule is CCC(OC)c1ccc(-c2cc3ccccc3c(N3CCN(CC)CC3)n2)s1. The Balaban J connectivity index is 1.72. The molecule has 4 nitrogen and oxygen atoms in total. The molecule has 0 amide bonds. The Morgan fingerprint density at radius 1 is 1.07 bits per heavy atom. The van der Waals surface area contributed by atoms with Gasteiger partial charge in [-0.3, -0.25) is 0 Å². The normalized spacial score (nSPS) is 16.6. The second kappa shape index (κ2) is 8.60. The average Bonchev–Trinajstić information content (AvgIpc) is 3.24. The monoisotopic (exact) mass is 395 g/mol. The van der Waals surface area contributed by atoms with Gasteiger partial charge in [0, 0.05) is 43.6 Å². The molecule has 5 heteroatoms. The van der Waals surface area contributed by atoms with Crippen molar-refractivity contribution in [1.82, 2.24) is 9.88 Å². The number of aromatic nitrogens is 1. The molecule has 3 heterocycles. The minimum absolute atomic E-state index is 0.167. The predicted octanol–water partition coefficient (Wildman–Crippen LogP) is 5.20. The number of nitrogens with zero attached hydrogens (tertiary/aromatic N) is 3. The van der Waals surface area contributed by atoms with Gasteiger partial charge in [0.2, 0.25) is 0 Å². The second-order valence-corrected chi connectivity index (χ2v) is 8.42. The zero-order valence-corrected chi connectivity index (χ0v) is 17.8. The highest BCUT2D eigenvalue weighted by Gasteiger charge is 2.20. The molecule has 0 saturated carbocycles. The summed E-state index contributed by atoms with van der Waals surface area (Å²) in [6.45, 7) is 9.80. The maximum absolute atomic E-state index is 5.62. The Labute approximate surface area is 171 Å². The Kier molecular flexibility index (Phi) is 5.95. The van der Waals surface area contributed by atoms with Crippen molar-refractivity contribution in [3.8, 4) is 10.6 Å². The summed E-state index contributed by atoms with van der Waals surface area (Å²) in [5.41, 5.74) is 1.06. The first-order valence-corrected chi connectivity index (χ1v) is 11.0. The topological polar surface area (TPSA) is 28.6 Å². The zero-order chi connectivity index (χ0) is 19.5. The third-order valence-electron chi connectivity index (χ3n) is 5.69. The molecule has 28 heavy (non-hydrogen) atoms.